The molecule has 1 aliphatic heterocycles. The van der Waals surface area contributed by atoms with Crippen LogP contribution in [0.3, 0.4) is 0 Å². The number of carbonyl (C=O) groups excluding carboxylic acids is 1. The van der Waals surface area contributed by atoms with E-state index in [0.717, 1.165) is 5.69 Å². The van der Waals surface area contributed by atoms with E-state index in [1.807, 2.05) is 0 Å². The molecule has 0 radical (unpaired) electrons. The van der Waals surface area contributed by atoms with Crippen LogP contribution in [0.1, 0.15) is 5.69 Å². The summed E-state index contributed by atoms with van der Waals surface area (Å²) in [5, 5.41) is 7.89. The number of nitrogens with one attached hydrogen (secondary N) is 1. The van der Waals surface area contributed by atoms with Crippen LogP contribution in [0.4, 0.5) is 0 Å². The lowest BCUT2D eigenvalue weighted by Gasteiger charge is -2.31. The molecule has 10 nitrogen and oxygen atoms in total. The van der Waals surface area contributed by atoms with Crippen molar-refractivity contribution in [1.29, 1.82) is 0 Å². The van der Waals surface area contributed by atoms with Gasteiger partial charge < -0.3 is 19.5 Å². The van der Waals surface area contributed by atoms with Gasteiger partial charge in [0.05, 0.1) is 31.4 Å². The molecule has 0 saturated carbocycles. The summed E-state index contributed by atoms with van der Waals surface area (Å²) in [4.78, 5) is 32.0. The van der Waals surface area contributed by atoms with Gasteiger partial charge >= 0.3 is 0 Å². The van der Waals surface area contributed by atoms with Gasteiger partial charge in [0.25, 0.3) is 0 Å². The van der Waals surface area contributed by atoms with Gasteiger partial charge in [-0.05, 0) is 23.4 Å². The monoisotopic (exact) mass is 355 g/mol. The van der Waals surface area contributed by atoms with Gasteiger partial charge in [-0.25, -0.2) is 9.97 Å². The van der Waals surface area contributed by atoms with Crippen LogP contribution in [0, 0.1) is 0 Å². The lowest BCUT2D eigenvalue weighted by molar-refractivity contribution is -0.136. The summed E-state index contributed by atoms with van der Waals surface area (Å²) in [6.45, 7) is 1.67. The minimum atomic E-state index is -0.254. The fourth-order valence-electron chi connectivity index (χ4n) is 2.63. The van der Waals surface area contributed by atoms with Crippen molar-refractivity contribution in [2.45, 2.75) is 6.10 Å². The van der Waals surface area contributed by atoms with Gasteiger partial charge in [0, 0.05) is 18.8 Å². The summed E-state index contributed by atoms with van der Waals surface area (Å²) in [5.41, 5.74) is 1.97. The molecule has 0 aromatic carbocycles. The number of pyridine rings is 1. The number of aromatic nitrogens is 6. The van der Waals surface area contributed by atoms with Crippen LogP contribution in [0.25, 0.3) is 17.2 Å². The second-order valence-corrected chi connectivity index (χ2v) is 5.72. The SMILES string of the molecule is O=C(/C=C/c1cnc[nH]1)N1CCOC(COn2nnc3cccnc32)C1. The molecule has 26 heavy (non-hydrogen) atoms. The Morgan fingerprint density at radius 2 is 2.46 bits per heavy atom. The Morgan fingerprint density at radius 3 is 3.35 bits per heavy atom. The van der Waals surface area contributed by atoms with E-state index in [1.165, 1.54) is 10.9 Å². The van der Waals surface area contributed by atoms with Crippen molar-refractivity contribution in [1.82, 2.24) is 35.0 Å². The number of rotatable bonds is 5. The molecule has 1 amide bonds. The number of hydrogen-bond donors (Lipinski definition) is 1. The Balaban J connectivity index is 1.34. The van der Waals surface area contributed by atoms with Gasteiger partial charge in [0.1, 0.15) is 18.2 Å². The third kappa shape index (κ3) is 3.54. The van der Waals surface area contributed by atoms with Gasteiger partial charge in [0.2, 0.25) is 11.6 Å². The first kappa shape index (κ1) is 16.2. The normalized spacial score (nSPS) is 17.8. The Labute approximate surface area is 148 Å². The molecule has 134 valence electrons. The highest BCUT2D eigenvalue weighted by Gasteiger charge is 2.24. The molecule has 4 rings (SSSR count). The zero-order valence-corrected chi connectivity index (χ0v) is 13.9. The van der Waals surface area contributed by atoms with Gasteiger partial charge in [0.15, 0.2) is 0 Å². The maximum absolute atomic E-state index is 12.3. The first-order chi connectivity index (χ1) is 12.8. The Morgan fingerprint density at radius 1 is 1.50 bits per heavy atom. The van der Waals surface area contributed by atoms with E-state index < -0.39 is 0 Å². The number of morpholine rings is 1. The van der Waals surface area contributed by atoms with Gasteiger partial charge in [-0.15, -0.1) is 5.10 Å². The number of fused-ring (bicyclic) bond motifs is 1. The molecule has 0 spiro atoms. The summed E-state index contributed by atoms with van der Waals surface area (Å²) < 4.78 is 5.68. The maximum atomic E-state index is 12.3. The van der Waals surface area contributed by atoms with E-state index in [9.17, 15) is 4.79 Å². The lowest BCUT2D eigenvalue weighted by Crippen LogP contribution is -2.47. The zero-order valence-electron chi connectivity index (χ0n) is 13.9. The van der Waals surface area contributed by atoms with Crippen LogP contribution in [0.2, 0.25) is 0 Å². The van der Waals surface area contributed by atoms with Crippen molar-refractivity contribution in [3.8, 4) is 0 Å². The standard InChI is InChI=1S/C16H17N7O3/c24-15(4-3-12-8-17-11-19-12)22-6-7-25-13(9-22)10-26-23-16-14(20-21-23)2-1-5-18-16/h1-5,8,11,13H,6-7,9-10H2,(H,17,19)/b4-3+. The predicted octanol–water partition coefficient (Wildman–Crippen LogP) is -0.0812. The molecule has 3 aromatic rings. The molecule has 1 N–H and O–H groups in total. The number of nitrogens with zero attached hydrogens (tertiary/aromatic N) is 6. The van der Waals surface area contributed by atoms with Crippen molar-refractivity contribution in [3.05, 3.63) is 42.6 Å². The largest absolute Gasteiger partial charge is 0.391 e. The minimum absolute atomic E-state index is 0.0826. The average molecular weight is 355 g/mol. The van der Waals surface area contributed by atoms with E-state index in [2.05, 4.69) is 25.3 Å². The van der Waals surface area contributed by atoms with Crippen molar-refractivity contribution < 1.29 is 14.4 Å². The summed E-state index contributed by atoms with van der Waals surface area (Å²) in [5.74, 6) is -0.0826. The second-order valence-electron chi connectivity index (χ2n) is 5.72. The van der Waals surface area contributed by atoms with Crippen molar-refractivity contribution in [2.75, 3.05) is 26.3 Å². The highest BCUT2D eigenvalue weighted by Crippen LogP contribution is 2.08. The quantitative estimate of drug-likeness (QED) is 0.637. The van der Waals surface area contributed by atoms with E-state index in [1.54, 1.807) is 41.8 Å². The highest BCUT2D eigenvalue weighted by molar-refractivity contribution is 5.91. The fourth-order valence-corrected chi connectivity index (χ4v) is 2.63. The molecule has 1 aliphatic rings. The molecule has 4 heterocycles. The number of carbonyl (C=O) groups is 1. The minimum Gasteiger partial charge on any atom is -0.391 e. The third-order valence-electron chi connectivity index (χ3n) is 3.94. The van der Waals surface area contributed by atoms with E-state index in [-0.39, 0.29) is 18.6 Å². The molecular formula is C16H17N7O3. The van der Waals surface area contributed by atoms with Crippen LogP contribution in [-0.2, 0) is 9.53 Å². The highest BCUT2D eigenvalue weighted by atomic mass is 16.7. The molecule has 3 aromatic heterocycles. The molecule has 1 unspecified atom stereocenters. The van der Waals surface area contributed by atoms with Crippen LogP contribution >= 0.6 is 0 Å². The second kappa shape index (κ2) is 7.31. The molecule has 1 fully saturated rings. The average Bonchev–Trinajstić information content (AvgIpc) is 3.34. The van der Waals surface area contributed by atoms with Crippen molar-refractivity contribution in [3.63, 3.8) is 0 Å². The first-order valence-corrected chi connectivity index (χ1v) is 8.16. The number of ether oxygens (including phenoxy) is 1. The van der Waals surface area contributed by atoms with Crippen LogP contribution in [-0.4, -0.2) is 73.3 Å². The Bertz CT molecular complexity index is 906. The lowest BCUT2D eigenvalue weighted by atomic mass is 10.2. The van der Waals surface area contributed by atoms with E-state index in [4.69, 9.17) is 9.57 Å². The van der Waals surface area contributed by atoms with E-state index >= 15 is 0 Å². The summed E-state index contributed by atoms with van der Waals surface area (Å²) in [6, 6.07) is 3.59. The number of amides is 1. The van der Waals surface area contributed by atoms with Gasteiger partial charge in [-0.2, -0.15) is 0 Å². The fraction of sp³-hybridized carbons (Fsp3) is 0.312. The summed E-state index contributed by atoms with van der Waals surface area (Å²) >= 11 is 0. The van der Waals surface area contributed by atoms with Crippen molar-refractivity contribution >= 4 is 23.1 Å². The molecular weight excluding hydrogens is 338 g/mol. The Kier molecular flexibility index (Phi) is 4.56. The smallest absolute Gasteiger partial charge is 0.246 e. The predicted molar refractivity (Wildman–Crippen MR) is 90.7 cm³/mol. The molecule has 0 aliphatic carbocycles. The number of aromatic amines is 1. The Hall–Kier alpha value is -3.27. The molecule has 10 heteroatoms. The van der Waals surface area contributed by atoms with E-state index in [0.29, 0.717) is 30.9 Å². The number of H-pyrrole nitrogens is 1. The van der Waals surface area contributed by atoms with Crippen LogP contribution in [0.15, 0.2) is 36.9 Å². The molecule has 1 saturated heterocycles. The number of imidazole rings is 1. The van der Waals surface area contributed by atoms with Crippen LogP contribution < -0.4 is 4.84 Å². The number of hydrogen-bond acceptors (Lipinski definition) is 7. The molecule has 1 atom stereocenters. The zero-order chi connectivity index (χ0) is 17.8. The third-order valence-corrected chi connectivity index (χ3v) is 3.94. The van der Waals surface area contributed by atoms with Crippen molar-refractivity contribution in [2.24, 2.45) is 0 Å². The van der Waals surface area contributed by atoms with Gasteiger partial charge in [-0.1, -0.05) is 4.85 Å². The van der Waals surface area contributed by atoms with Gasteiger partial charge in [-0.3, -0.25) is 4.79 Å². The molecule has 0 bridgehead atoms. The topological polar surface area (TPSA) is 111 Å². The summed E-state index contributed by atoms with van der Waals surface area (Å²) in [7, 11) is 0. The summed E-state index contributed by atoms with van der Waals surface area (Å²) in [6.07, 6.45) is 7.83. The first-order valence-electron chi connectivity index (χ1n) is 8.16. The maximum Gasteiger partial charge on any atom is 0.246 e. The van der Waals surface area contributed by atoms with Crippen LogP contribution in [0.5, 0.6) is 0 Å².